The van der Waals surface area contributed by atoms with Gasteiger partial charge in [0.15, 0.2) is 5.96 Å². The first-order valence-corrected chi connectivity index (χ1v) is 9.50. The number of carbonyl (C=O) groups is 1. The average Bonchev–Trinajstić information content (AvgIpc) is 3.29. The maximum atomic E-state index is 11.7. The molecule has 2 aromatic rings. The van der Waals surface area contributed by atoms with Gasteiger partial charge in [-0.05, 0) is 39.9 Å². The lowest BCUT2D eigenvalue weighted by molar-refractivity contribution is -0.128. The number of carbonyl (C=O) groups excluding carboxylic acids is 1. The van der Waals surface area contributed by atoms with Crippen molar-refractivity contribution in [1.29, 1.82) is 0 Å². The monoisotopic (exact) mass is 356 g/mol. The van der Waals surface area contributed by atoms with Gasteiger partial charge in [-0.2, -0.15) is 11.3 Å². The average molecular weight is 356 g/mol. The van der Waals surface area contributed by atoms with Crippen LogP contribution in [0, 0.1) is 0 Å². The SMILES string of the molecule is CN=C(NCc1ccc(CN2CCCC2=O)cc1)NCc1ccsc1. The molecule has 1 amide bonds. The lowest BCUT2D eigenvalue weighted by Gasteiger charge is -2.16. The number of nitrogens with zero attached hydrogens (tertiary/aromatic N) is 2. The molecule has 1 saturated heterocycles. The summed E-state index contributed by atoms with van der Waals surface area (Å²) in [6.45, 7) is 3.09. The Kier molecular flexibility index (Phi) is 6.06. The Morgan fingerprint density at radius 3 is 2.44 bits per heavy atom. The number of aliphatic imine (C=N–C) groups is 1. The third-order valence-corrected chi connectivity index (χ3v) is 5.02. The first-order valence-electron chi connectivity index (χ1n) is 8.56. The van der Waals surface area contributed by atoms with Gasteiger partial charge in [-0.15, -0.1) is 0 Å². The van der Waals surface area contributed by atoms with Crippen LogP contribution in [0.4, 0.5) is 0 Å². The van der Waals surface area contributed by atoms with Crippen LogP contribution in [-0.4, -0.2) is 30.4 Å². The maximum Gasteiger partial charge on any atom is 0.222 e. The molecule has 3 rings (SSSR count). The van der Waals surface area contributed by atoms with Crippen LogP contribution in [-0.2, 0) is 24.4 Å². The van der Waals surface area contributed by atoms with Crippen molar-refractivity contribution >= 4 is 23.2 Å². The van der Waals surface area contributed by atoms with Crippen molar-refractivity contribution < 1.29 is 4.79 Å². The highest BCUT2D eigenvalue weighted by molar-refractivity contribution is 7.07. The van der Waals surface area contributed by atoms with E-state index in [0.717, 1.165) is 32.0 Å². The fourth-order valence-electron chi connectivity index (χ4n) is 2.84. The molecule has 0 aliphatic carbocycles. The van der Waals surface area contributed by atoms with Gasteiger partial charge in [0.05, 0.1) is 0 Å². The van der Waals surface area contributed by atoms with Gasteiger partial charge in [0.25, 0.3) is 0 Å². The summed E-state index contributed by atoms with van der Waals surface area (Å²) in [5.41, 5.74) is 3.63. The highest BCUT2D eigenvalue weighted by Crippen LogP contribution is 2.14. The summed E-state index contributed by atoms with van der Waals surface area (Å²) in [6.07, 6.45) is 1.68. The van der Waals surface area contributed by atoms with Crippen LogP contribution in [0.1, 0.15) is 29.5 Å². The number of amides is 1. The minimum Gasteiger partial charge on any atom is -0.352 e. The van der Waals surface area contributed by atoms with Gasteiger partial charge in [-0.3, -0.25) is 9.79 Å². The number of thiophene rings is 1. The van der Waals surface area contributed by atoms with E-state index in [4.69, 9.17) is 0 Å². The van der Waals surface area contributed by atoms with Gasteiger partial charge in [0, 0.05) is 39.6 Å². The highest BCUT2D eigenvalue weighted by Gasteiger charge is 2.19. The number of guanidine groups is 1. The van der Waals surface area contributed by atoms with E-state index in [-0.39, 0.29) is 5.91 Å². The van der Waals surface area contributed by atoms with E-state index in [2.05, 4.69) is 56.7 Å². The largest absolute Gasteiger partial charge is 0.352 e. The summed E-state index contributed by atoms with van der Waals surface area (Å²) in [5.74, 6) is 1.06. The highest BCUT2D eigenvalue weighted by atomic mass is 32.1. The molecule has 1 aliphatic rings. The van der Waals surface area contributed by atoms with E-state index in [0.29, 0.717) is 13.0 Å². The zero-order valence-corrected chi connectivity index (χ0v) is 15.3. The van der Waals surface area contributed by atoms with Gasteiger partial charge in [-0.25, -0.2) is 0 Å². The summed E-state index contributed by atoms with van der Waals surface area (Å²) in [5, 5.41) is 10.8. The van der Waals surface area contributed by atoms with Crippen LogP contribution in [0.3, 0.4) is 0 Å². The van der Waals surface area contributed by atoms with Crippen LogP contribution in [0.2, 0.25) is 0 Å². The third-order valence-electron chi connectivity index (χ3n) is 4.29. The first-order chi connectivity index (χ1) is 12.2. The molecule has 1 fully saturated rings. The second-order valence-corrected chi connectivity index (χ2v) is 6.93. The molecule has 1 aromatic heterocycles. The number of rotatable bonds is 6. The fraction of sp³-hybridized carbons (Fsp3) is 0.368. The Bertz CT molecular complexity index is 710. The fourth-order valence-corrected chi connectivity index (χ4v) is 3.51. The van der Waals surface area contributed by atoms with E-state index in [1.54, 1.807) is 18.4 Å². The summed E-state index contributed by atoms with van der Waals surface area (Å²) in [7, 11) is 1.78. The van der Waals surface area contributed by atoms with Crippen molar-refractivity contribution in [3.8, 4) is 0 Å². The molecule has 0 saturated carbocycles. The standard InChI is InChI=1S/C19H24N4OS/c1-20-19(22-12-17-8-10-25-14-17)21-11-15-4-6-16(7-5-15)13-23-9-2-3-18(23)24/h4-8,10,14H,2-3,9,11-13H2,1H3,(H2,20,21,22). The molecule has 0 radical (unpaired) electrons. The smallest absolute Gasteiger partial charge is 0.222 e. The number of likely N-dealkylation sites (tertiary alicyclic amines) is 1. The molecule has 0 atom stereocenters. The minimum atomic E-state index is 0.270. The van der Waals surface area contributed by atoms with E-state index >= 15 is 0 Å². The molecule has 25 heavy (non-hydrogen) atoms. The molecular weight excluding hydrogens is 332 g/mol. The van der Waals surface area contributed by atoms with E-state index in [1.165, 1.54) is 16.7 Å². The topological polar surface area (TPSA) is 56.7 Å². The predicted molar refractivity (Wildman–Crippen MR) is 102 cm³/mol. The van der Waals surface area contributed by atoms with Crippen LogP contribution >= 0.6 is 11.3 Å². The zero-order chi connectivity index (χ0) is 17.5. The normalized spacial score (nSPS) is 14.8. The van der Waals surface area contributed by atoms with Gasteiger partial charge in [0.1, 0.15) is 0 Å². The Labute approximate surface area is 152 Å². The molecule has 0 unspecified atom stereocenters. The molecule has 0 bridgehead atoms. The second-order valence-electron chi connectivity index (χ2n) is 6.15. The summed E-state index contributed by atoms with van der Waals surface area (Å²) in [4.78, 5) is 17.9. The molecule has 1 aromatic carbocycles. The minimum absolute atomic E-state index is 0.270. The summed E-state index contributed by atoms with van der Waals surface area (Å²) >= 11 is 1.70. The van der Waals surface area contributed by atoms with Gasteiger partial charge < -0.3 is 15.5 Å². The molecule has 5 nitrogen and oxygen atoms in total. The Morgan fingerprint density at radius 2 is 1.84 bits per heavy atom. The van der Waals surface area contributed by atoms with Crippen LogP contribution in [0.25, 0.3) is 0 Å². The Hall–Kier alpha value is -2.34. The Balaban J connectivity index is 1.46. The van der Waals surface area contributed by atoms with Crippen molar-refractivity contribution in [2.75, 3.05) is 13.6 Å². The van der Waals surface area contributed by atoms with Crippen LogP contribution in [0.15, 0.2) is 46.1 Å². The van der Waals surface area contributed by atoms with E-state index in [9.17, 15) is 4.79 Å². The molecule has 132 valence electrons. The van der Waals surface area contributed by atoms with Crippen LogP contribution in [0.5, 0.6) is 0 Å². The molecule has 1 aliphatic heterocycles. The van der Waals surface area contributed by atoms with E-state index in [1.807, 2.05) is 4.90 Å². The van der Waals surface area contributed by atoms with Gasteiger partial charge >= 0.3 is 0 Å². The van der Waals surface area contributed by atoms with Crippen LogP contribution < -0.4 is 10.6 Å². The molecule has 2 heterocycles. The lowest BCUT2D eigenvalue weighted by atomic mass is 10.1. The summed E-state index contributed by atoms with van der Waals surface area (Å²) in [6, 6.07) is 10.5. The van der Waals surface area contributed by atoms with Crippen molar-refractivity contribution in [1.82, 2.24) is 15.5 Å². The molecular formula is C19H24N4OS. The number of hydrogen-bond acceptors (Lipinski definition) is 3. The number of nitrogens with one attached hydrogen (secondary N) is 2. The molecule has 2 N–H and O–H groups in total. The quantitative estimate of drug-likeness (QED) is 0.618. The lowest BCUT2D eigenvalue weighted by Crippen LogP contribution is -2.36. The Morgan fingerprint density at radius 1 is 1.12 bits per heavy atom. The number of hydrogen-bond donors (Lipinski definition) is 2. The first kappa shape index (κ1) is 17.5. The maximum absolute atomic E-state index is 11.7. The van der Waals surface area contributed by atoms with Crippen molar-refractivity contribution in [3.63, 3.8) is 0 Å². The molecule has 0 spiro atoms. The van der Waals surface area contributed by atoms with Crippen molar-refractivity contribution in [3.05, 3.63) is 57.8 Å². The predicted octanol–water partition coefficient (Wildman–Crippen LogP) is 2.74. The van der Waals surface area contributed by atoms with E-state index < -0.39 is 0 Å². The third kappa shape index (κ3) is 5.06. The van der Waals surface area contributed by atoms with Gasteiger partial charge in [-0.1, -0.05) is 24.3 Å². The van der Waals surface area contributed by atoms with Gasteiger partial charge in [0.2, 0.25) is 5.91 Å². The zero-order valence-electron chi connectivity index (χ0n) is 14.5. The summed E-state index contributed by atoms with van der Waals surface area (Å²) < 4.78 is 0. The van der Waals surface area contributed by atoms with Crippen molar-refractivity contribution in [2.24, 2.45) is 4.99 Å². The second kappa shape index (κ2) is 8.67. The van der Waals surface area contributed by atoms with Crippen molar-refractivity contribution in [2.45, 2.75) is 32.5 Å². The molecule has 6 heteroatoms. The number of benzene rings is 1.